The number of piperidine rings is 1. The normalized spacial score (nSPS) is 24.6. The quantitative estimate of drug-likeness (QED) is 0.735. The van der Waals surface area contributed by atoms with E-state index in [4.69, 9.17) is 0 Å². The van der Waals surface area contributed by atoms with Crippen molar-refractivity contribution in [3.8, 4) is 0 Å². The Kier molecular flexibility index (Phi) is 6.46. The number of quaternary nitrogens is 1. The molecule has 0 bridgehead atoms. The second-order valence-corrected chi connectivity index (χ2v) is 6.46. The van der Waals surface area contributed by atoms with E-state index in [1.807, 2.05) is 25.8 Å². The first-order chi connectivity index (χ1) is 9.31. The highest BCUT2D eigenvalue weighted by atomic mass is 16.2. The van der Waals surface area contributed by atoms with Crippen LogP contribution in [0.25, 0.3) is 0 Å². The van der Waals surface area contributed by atoms with Crippen LogP contribution in [0.5, 0.6) is 0 Å². The summed E-state index contributed by atoms with van der Waals surface area (Å²) in [6.07, 6.45) is 3.37. The highest BCUT2D eigenvalue weighted by Crippen LogP contribution is 2.21. The lowest BCUT2D eigenvalue weighted by Crippen LogP contribution is -3.11. The van der Waals surface area contributed by atoms with Gasteiger partial charge in [0.2, 0.25) is 0 Å². The second-order valence-electron chi connectivity index (χ2n) is 6.46. The Morgan fingerprint density at radius 2 is 1.75 bits per heavy atom. The Hall–Kier alpha value is -1.10. The topological polar surface area (TPSA) is 53.9 Å². The average molecular weight is 284 g/mol. The molecule has 0 spiro atoms. The molecule has 0 aromatic carbocycles. The van der Waals surface area contributed by atoms with Crippen molar-refractivity contribution in [1.82, 2.24) is 10.2 Å². The molecule has 1 aliphatic rings. The zero-order chi connectivity index (χ0) is 15.3. The second kappa shape index (κ2) is 7.62. The first-order valence-corrected chi connectivity index (χ1v) is 7.73. The number of likely N-dealkylation sites (N-methyl/N-ethyl adjacent to an activating group) is 1. The number of carbonyl (C=O) groups is 2. The largest absolute Gasteiger partial charge is 0.349 e. The molecular formula is C15H30N3O2+. The lowest BCUT2D eigenvalue weighted by molar-refractivity contribution is -0.863. The first kappa shape index (κ1) is 17.0. The SMILES string of the molecule is CC(C)NC(=O)C[NH+](C)CC(=O)N1[C@H](C)CCC[C@@H]1C. The molecule has 2 amide bonds. The lowest BCUT2D eigenvalue weighted by Gasteiger charge is -2.39. The maximum atomic E-state index is 12.4. The van der Waals surface area contributed by atoms with Crippen LogP contribution in [0.15, 0.2) is 0 Å². The van der Waals surface area contributed by atoms with E-state index in [2.05, 4.69) is 19.2 Å². The molecule has 1 unspecified atom stereocenters. The maximum Gasteiger partial charge on any atom is 0.278 e. The monoisotopic (exact) mass is 284 g/mol. The van der Waals surface area contributed by atoms with Crippen molar-refractivity contribution < 1.29 is 14.5 Å². The van der Waals surface area contributed by atoms with Crippen LogP contribution in [0.2, 0.25) is 0 Å². The van der Waals surface area contributed by atoms with E-state index in [1.165, 1.54) is 6.42 Å². The van der Waals surface area contributed by atoms with E-state index in [-0.39, 0.29) is 17.9 Å². The van der Waals surface area contributed by atoms with E-state index in [1.54, 1.807) is 0 Å². The number of nitrogens with one attached hydrogen (secondary N) is 2. The van der Waals surface area contributed by atoms with Gasteiger partial charge in [-0.1, -0.05) is 0 Å². The smallest absolute Gasteiger partial charge is 0.278 e. The molecule has 1 fully saturated rings. The van der Waals surface area contributed by atoms with Gasteiger partial charge in [-0.05, 0) is 47.0 Å². The van der Waals surface area contributed by atoms with Crippen LogP contribution in [0, 0.1) is 0 Å². The van der Waals surface area contributed by atoms with Crippen LogP contribution < -0.4 is 10.2 Å². The molecule has 20 heavy (non-hydrogen) atoms. The third-order valence-electron chi connectivity index (χ3n) is 3.85. The van der Waals surface area contributed by atoms with Gasteiger partial charge in [-0.3, -0.25) is 9.59 Å². The highest BCUT2D eigenvalue weighted by molar-refractivity contribution is 5.79. The Morgan fingerprint density at radius 3 is 2.25 bits per heavy atom. The van der Waals surface area contributed by atoms with E-state index in [0.29, 0.717) is 25.2 Å². The fourth-order valence-corrected chi connectivity index (χ4v) is 2.97. The molecular weight excluding hydrogens is 254 g/mol. The Morgan fingerprint density at radius 1 is 1.20 bits per heavy atom. The van der Waals surface area contributed by atoms with Crippen molar-refractivity contribution in [3.63, 3.8) is 0 Å². The standard InChI is InChI=1S/C15H29N3O2/c1-11(2)16-14(19)9-17(5)10-15(20)18-12(3)7-6-8-13(18)4/h11-13H,6-10H2,1-5H3,(H,16,19)/p+1/t12-,13+. The minimum atomic E-state index is 0.00467. The number of likely N-dealkylation sites (tertiary alicyclic amines) is 1. The van der Waals surface area contributed by atoms with Crippen molar-refractivity contribution in [2.75, 3.05) is 20.1 Å². The van der Waals surface area contributed by atoms with Gasteiger partial charge in [0.25, 0.3) is 11.8 Å². The van der Waals surface area contributed by atoms with Crippen LogP contribution >= 0.6 is 0 Å². The number of carbonyl (C=O) groups excluding carboxylic acids is 2. The van der Waals surface area contributed by atoms with Crippen LogP contribution in [0.3, 0.4) is 0 Å². The predicted octanol–water partition coefficient (Wildman–Crippen LogP) is -0.185. The molecule has 5 heteroatoms. The summed E-state index contributed by atoms with van der Waals surface area (Å²) in [6.45, 7) is 8.86. The van der Waals surface area contributed by atoms with Crippen LogP contribution in [-0.4, -0.2) is 55.0 Å². The summed E-state index contributed by atoms with van der Waals surface area (Å²) in [6, 6.07) is 0.792. The fraction of sp³-hybridized carbons (Fsp3) is 0.867. The number of amides is 2. The van der Waals surface area contributed by atoms with Crippen LogP contribution in [-0.2, 0) is 9.59 Å². The molecule has 0 aromatic rings. The van der Waals surface area contributed by atoms with Gasteiger partial charge in [0, 0.05) is 18.1 Å². The predicted molar refractivity (Wildman–Crippen MR) is 79.5 cm³/mol. The average Bonchev–Trinajstić information content (AvgIpc) is 2.26. The summed E-state index contributed by atoms with van der Waals surface area (Å²) in [5.74, 6) is 0.171. The van der Waals surface area contributed by atoms with Gasteiger partial charge in [0.1, 0.15) is 0 Å². The summed E-state index contributed by atoms with van der Waals surface area (Å²) in [4.78, 5) is 27.0. The van der Waals surface area contributed by atoms with Crippen LogP contribution in [0.4, 0.5) is 0 Å². The lowest BCUT2D eigenvalue weighted by atomic mass is 9.97. The highest BCUT2D eigenvalue weighted by Gasteiger charge is 2.30. The van der Waals surface area contributed by atoms with Gasteiger partial charge in [-0.25, -0.2) is 0 Å². The summed E-state index contributed by atoms with van der Waals surface area (Å²) in [7, 11) is 1.90. The third-order valence-corrected chi connectivity index (χ3v) is 3.85. The van der Waals surface area contributed by atoms with Crippen molar-refractivity contribution >= 4 is 11.8 Å². The van der Waals surface area contributed by atoms with Crippen molar-refractivity contribution in [1.29, 1.82) is 0 Å². The molecule has 1 saturated heterocycles. The van der Waals surface area contributed by atoms with Gasteiger partial charge in [-0.15, -0.1) is 0 Å². The molecule has 5 nitrogen and oxygen atoms in total. The number of hydrogen-bond acceptors (Lipinski definition) is 2. The van der Waals surface area contributed by atoms with Crippen molar-refractivity contribution in [3.05, 3.63) is 0 Å². The number of hydrogen-bond donors (Lipinski definition) is 2. The zero-order valence-electron chi connectivity index (χ0n) is 13.5. The number of rotatable bonds is 5. The molecule has 1 aliphatic heterocycles. The van der Waals surface area contributed by atoms with Gasteiger partial charge >= 0.3 is 0 Å². The fourth-order valence-electron chi connectivity index (χ4n) is 2.97. The molecule has 0 aromatic heterocycles. The zero-order valence-corrected chi connectivity index (χ0v) is 13.5. The Bertz CT molecular complexity index is 334. The maximum absolute atomic E-state index is 12.4. The molecule has 0 aliphatic carbocycles. The van der Waals surface area contributed by atoms with Gasteiger partial charge in [0.05, 0.1) is 7.05 Å². The minimum Gasteiger partial charge on any atom is -0.349 e. The molecule has 2 N–H and O–H groups in total. The molecule has 116 valence electrons. The summed E-state index contributed by atoms with van der Waals surface area (Å²) >= 11 is 0. The molecule has 0 saturated carbocycles. The number of nitrogens with zero attached hydrogens (tertiary/aromatic N) is 1. The Balaban J connectivity index is 2.46. The molecule has 0 radical (unpaired) electrons. The third kappa shape index (κ3) is 5.12. The minimum absolute atomic E-state index is 0.00467. The van der Waals surface area contributed by atoms with Gasteiger partial charge < -0.3 is 15.1 Å². The molecule has 1 heterocycles. The summed E-state index contributed by atoms with van der Waals surface area (Å²) in [5.41, 5.74) is 0. The summed E-state index contributed by atoms with van der Waals surface area (Å²) < 4.78 is 0. The molecule has 3 atom stereocenters. The van der Waals surface area contributed by atoms with E-state index >= 15 is 0 Å². The molecule has 1 rings (SSSR count). The first-order valence-electron chi connectivity index (χ1n) is 7.73. The van der Waals surface area contributed by atoms with Gasteiger partial charge in [0.15, 0.2) is 13.1 Å². The van der Waals surface area contributed by atoms with Crippen molar-refractivity contribution in [2.45, 2.75) is 65.1 Å². The Labute approximate surface area is 122 Å². The van der Waals surface area contributed by atoms with Gasteiger partial charge in [-0.2, -0.15) is 0 Å². The van der Waals surface area contributed by atoms with E-state index in [9.17, 15) is 9.59 Å². The van der Waals surface area contributed by atoms with Crippen LogP contribution in [0.1, 0.15) is 47.0 Å². The summed E-state index contributed by atoms with van der Waals surface area (Å²) in [5, 5.41) is 2.86. The van der Waals surface area contributed by atoms with E-state index < -0.39 is 0 Å². The van der Waals surface area contributed by atoms with E-state index in [0.717, 1.165) is 17.7 Å². The van der Waals surface area contributed by atoms with Crippen molar-refractivity contribution in [2.24, 2.45) is 0 Å².